The Labute approximate surface area is 71.3 Å². The summed E-state index contributed by atoms with van der Waals surface area (Å²) in [6.45, 7) is 3.88. The minimum absolute atomic E-state index is 0.0594. The summed E-state index contributed by atoms with van der Waals surface area (Å²) in [6, 6.07) is 5.06. The molecule has 1 aromatic rings. The number of aliphatic hydroxyl groups excluding tert-OH is 1. The largest absolute Gasteiger partial charge is 0.392 e. The van der Waals surface area contributed by atoms with Crippen molar-refractivity contribution in [2.75, 3.05) is 0 Å². The molecular formula is C9H13NO2. The Kier molecular flexibility index (Phi) is 2.65. The van der Waals surface area contributed by atoms with Crippen LogP contribution in [0.2, 0.25) is 0 Å². The molecule has 0 aliphatic rings. The maximum absolute atomic E-state index is 11.2. The number of aryl methyl sites for hydroxylation is 1. The molecule has 1 rings (SSSR count). The Morgan fingerprint density at radius 3 is 2.75 bits per heavy atom. The average molecular weight is 167 g/mol. The van der Waals surface area contributed by atoms with Gasteiger partial charge < -0.3 is 9.67 Å². The van der Waals surface area contributed by atoms with Gasteiger partial charge in [0, 0.05) is 11.8 Å². The van der Waals surface area contributed by atoms with Gasteiger partial charge in [0.2, 0.25) is 0 Å². The quantitative estimate of drug-likeness (QED) is 0.698. The lowest BCUT2D eigenvalue weighted by Gasteiger charge is -2.10. The van der Waals surface area contributed by atoms with Crippen LogP contribution in [-0.4, -0.2) is 15.8 Å². The zero-order valence-electron chi connectivity index (χ0n) is 7.32. The van der Waals surface area contributed by atoms with Crippen molar-refractivity contribution >= 4 is 0 Å². The minimum Gasteiger partial charge on any atom is -0.392 e. The van der Waals surface area contributed by atoms with Gasteiger partial charge in [-0.3, -0.25) is 4.79 Å². The second kappa shape index (κ2) is 3.54. The molecule has 0 unspecified atom stereocenters. The van der Waals surface area contributed by atoms with Crippen molar-refractivity contribution in [1.29, 1.82) is 0 Å². The molecule has 0 aromatic carbocycles. The first-order valence-corrected chi connectivity index (χ1v) is 3.96. The molecule has 66 valence electrons. The molecule has 0 saturated carbocycles. The molecule has 0 spiro atoms. The van der Waals surface area contributed by atoms with Crippen LogP contribution in [-0.2, 0) is 6.54 Å². The van der Waals surface area contributed by atoms with Crippen LogP contribution in [0.5, 0.6) is 0 Å². The number of hydrogen-bond donors (Lipinski definition) is 1. The molecule has 0 radical (unpaired) electrons. The molecule has 0 fully saturated rings. The highest BCUT2D eigenvalue weighted by Gasteiger charge is 2.01. The molecule has 0 saturated heterocycles. The Morgan fingerprint density at radius 1 is 1.58 bits per heavy atom. The lowest BCUT2D eigenvalue weighted by molar-refractivity contribution is 0.171. The molecule has 0 aliphatic carbocycles. The Hall–Kier alpha value is -1.09. The normalized spacial score (nSPS) is 12.9. The van der Waals surface area contributed by atoms with Gasteiger partial charge in [-0.2, -0.15) is 0 Å². The van der Waals surface area contributed by atoms with Gasteiger partial charge in [-0.05, 0) is 19.9 Å². The smallest absolute Gasteiger partial charge is 0.250 e. The summed E-state index contributed by atoms with van der Waals surface area (Å²) in [5.41, 5.74) is 0.819. The van der Waals surface area contributed by atoms with E-state index in [4.69, 9.17) is 5.11 Å². The van der Waals surface area contributed by atoms with Crippen molar-refractivity contribution in [3.8, 4) is 0 Å². The summed E-state index contributed by atoms with van der Waals surface area (Å²) >= 11 is 0. The zero-order valence-corrected chi connectivity index (χ0v) is 7.32. The number of hydrogen-bond acceptors (Lipinski definition) is 2. The fourth-order valence-corrected chi connectivity index (χ4v) is 1.12. The van der Waals surface area contributed by atoms with Crippen molar-refractivity contribution in [2.45, 2.75) is 26.5 Å². The summed E-state index contributed by atoms with van der Waals surface area (Å²) in [4.78, 5) is 11.2. The number of pyridine rings is 1. The van der Waals surface area contributed by atoms with Gasteiger partial charge in [0.1, 0.15) is 0 Å². The molecular weight excluding hydrogens is 154 g/mol. The first kappa shape index (κ1) is 9.00. The molecule has 3 heteroatoms. The number of aromatic nitrogens is 1. The van der Waals surface area contributed by atoms with Crippen LogP contribution in [0.25, 0.3) is 0 Å². The van der Waals surface area contributed by atoms with E-state index in [1.807, 2.05) is 13.0 Å². The monoisotopic (exact) mass is 167 g/mol. The summed E-state index contributed by atoms with van der Waals surface area (Å²) in [7, 11) is 0. The molecule has 0 amide bonds. The van der Waals surface area contributed by atoms with E-state index in [1.54, 1.807) is 17.6 Å². The lowest BCUT2D eigenvalue weighted by Crippen LogP contribution is -2.25. The van der Waals surface area contributed by atoms with Crippen LogP contribution in [0, 0.1) is 6.92 Å². The van der Waals surface area contributed by atoms with E-state index >= 15 is 0 Å². The zero-order chi connectivity index (χ0) is 9.14. The Morgan fingerprint density at radius 2 is 2.25 bits per heavy atom. The summed E-state index contributed by atoms with van der Waals surface area (Å²) in [5, 5.41) is 9.09. The molecule has 1 atom stereocenters. The highest BCUT2D eigenvalue weighted by Crippen LogP contribution is 1.95. The van der Waals surface area contributed by atoms with E-state index in [1.165, 1.54) is 6.07 Å². The van der Waals surface area contributed by atoms with Gasteiger partial charge in [-0.25, -0.2) is 0 Å². The van der Waals surface area contributed by atoms with Gasteiger partial charge >= 0.3 is 0 Å². The van der Waals surface area contributed by atoms with Crippen LogP contribution in [0.3, 0.4) is 0 Å². The van der Waals surface area contributed by atoms with Crippen molar-refractivity contribution in [1.82, 2.24) is 4.57 Å². The minimum atomic E-state index is -0.483. The van der Waals surface area contributed by atoms with Crippen molar-refractivity contribution < 1.29 is 5.11 Å². The second-order valence-electron chi connectivity index (χ2n) is 2.97. The van der Waals surface area contributed by atoms with Crippen LogP contribution in [0.1, 0.15) is 12.6 Å². The van der Waals surface area contributed by atoms with Crippen LogP contribution < -0.4 is 5.56 Å². The fourth-order valence-electron chi connectivity index (χ4n) is 1.12. The average Bonchev–Trinajstić information content (AvgIpc) is 1.97. The highest BCUT2D eigenvalue weighted by molar-refractivity contribution is 5.04. The third kappa shape index (κ3) is 1.95. The number of rotatable bonds is 2. The molecule has 12 heavy (non-hydrogen) atoms. The van der Waals surface area contributed by atoms with Crippen molar-refractivity contribution in [2.24, 2.45) is 0 Å². The standard InChI is InChI=1S/C9H13NO2/c1-7-4-3-5-9(12)10(7)6-8(2)11/h3-5,8,11H,6H2,1-2H3/t8-/m0/s1. The molecule has 0 bridgehead atoms. The van der Waals surface area contributed by atoms with Gasteiger partial charge in [0.05, 0.1) is 12.6 Å². The number of nitrogens with zero attached hydrogens (tertiary/aromatic N) is 1. The van der Waals surface area contributed by atoms with E-state index in [2.05, 4.69) is 0 Å². The van der Waals surface area contributed by atoms with E-state index in [9.17, 15) is 4.79 Å². The third-order valence-corrected chi connectivity index (χ3v) is 1.71. The van der Waals surface area contributed by atoms with Crippen LogP contribution >= 0.6 is 0 Å². The third-order valence-electron chi connectivity index (χ3n) is 1.71. The lowest BCUT2D eigenvalue weighted by atomic mass is 10.3. The van der Waals surface area contributed by atoms with Crippen molar-refractivity contribution in [3.05, 3.63) is 34.2 Å². The first-order chi connectivity index (χ1) is 5.61. The highest BCUT2D eigenvalue weighted by atomic mass is 16.3. The van der Waals surface area contributed by atoms with Crippen LogP contribution in [0.15, 0.2) is 23.0 Å². The van der Waals surface area contributed by atoms with E-state index in [0.29, 0.717) is 6.54 Å². The SMILES string of the molecule is Cc1cccc(=O)n1C[C@H](C)O. The Balaban J connectivity index is 3.05. The molecule has 1 aromatic heterocycles. The first-order valence-electron chi connectivity index (χ1n) is 3.96. The molecule has 0 aliphatic heterocycles. The molecule has 1 heterocycles. The summed E-state index contributed by atoms with van der Waals surface area (Å²) in [5.74, 6) is 0. The summed E-state index contributed by atoms with van der Waals surface area (Å²) in [6.07, 6.45) is -0.483. The molecule has 3 nitrogen and oxygen atoms in total. The summed E-state index contributed by atoms with van der Waals surface area (Å²) < 4.78 is 1.56. The van der Waals surface area contributed by atoms with E-state index in [-0.39, 0.29) is 5.56 Å². The van der Waals surface area contributed by atoms with Gasteiger partial charge in [0.25, 0.3) is 5.56 Å². The van der Waals surface area contributed by atoms with Gasteiger partial charge in [-0.1, -0.05) is 6.07 Å². The fraction of sp³-hybridized carbons (Fsp3) is 0.444. The topological polar surface area (TPSA) is 42.2 Å². The van der Waals surface area contributed by atoms with Gasteiger partial charge in [0.15, 0.2) is 0 Å². The number of aliphatic hydroxyl groups is 1. The predicted molar refractivity (Wildman–Crippen MR) is 47.1 cm³/mol. The predicted octanol–water partition coefficient (Wildman–Crippen LogP) is 0.538. The molecule has 1 N–H and O–H groups in total. The maximum Gasteiger partial charge on any atom is 0.250 e. The van der Waals surface area contributed by atoms with E-state index < -0.39 is 6.10 Å². The maximum atomic E-state index is 11.2. The van der Waals surface area contributed by atoms with Crippen molar-refractivity contribution in [3.63, 3.8) is 0 Å². The second-order valence-corrected chi connectivity index (χ2v) is 2.97. The van der Waals surface area contributed by atoms with Crippen LogP contribution in [0.4, 0.5) is 0 Å². The van der Waals surface area contributed by atoms with Gasteiger partial charge in [-0.15, -0.1) is 0 Å². The van der Waals surface area contributed by atoms with E-state index in [0.717, 1.165) is 5.69 Å². The Bertz CT molecular complexity index is 315.